The van der Waals surface area contributed by atoms with Gasteiger partial charge in [0.25, 0.3) is 5.17 Å². The van der Waals surface area contributed by atoms with Crippen LogP contribution in [0.5, 0.6) is 5.75 Å². The first kappa shape index (κ1) is 19.1. The summed E-state index contributed by atoms with van der Waals surface area (Å²) < 4.78 is 22.9. The van der Waals surface area contributed by atoms with Gasteiger partial charge in [0.2, 0.25) is 6.86 Å². The molecule has 25 heavy (non-hydrogen) atoms. The Morgan fingerprint density at radius 2 is 1.88 bits per heavy atom. The Bertz CT molecular complexity index is 765. The van der Waals surface area contributed by atoms with E-state index in [-0.39, 0.29) is 18.4 Å². The van der Waals surface area contributed by atoms with Crippen LogP contribution < -0.4 is 10.1 Å². The summed E-state index contributed by atoms with van der Waals surface area (Å²) in [5.74, 6) is 0.782. The largest absolute Gasteiger partial charge is 0.489 e. The number of halogens is 1. The van der Waals surface area contributed by atoms with Crippen LogP contribution in [0.25, 0.3) is 0 Å². The molecule has 0 aliphatic carbocycles. The molecular weight excluding hydrogens is 341 g/mol. The summed E-state index contributed by atoms with van der Waals surface area (Å²) in [5, 5.41) is 12.4. The molecule has 0 heterocycles. The smallest absolute Gasteiger partial charge is 0.263 e. The van der Waals surface area contributed by atoms with Gasteiger partial charge in [-0.3, -0.25) is 0 Å². The number of anilines is 1. The molecule has 0 unspecified atom stereocenters. The lowest BCUT2D eigenvalue weighted by atomic mass is 10.1. The highest BCUT2D eigenvalue weighted by Gasteiger charge is 2.12. The molecule has 4 nitrogen and oxygen atoms in total. The van der Waals surface area contributed by atoms with Gasteiger partial charge in [0.05, 0.1) is 6.61 Å². The van der Waals surface area contributed by atoms with Crippen molar-refractivity contribution in [1.82, 2.24) is 0 Å². The van der Waals surface area contributed by atoms with Gasteiger partial charge in [-0.15, -0.1) is 0 Å². The van der Waals surface area contributed by atoms with E-state index in [4.69, 9.17) is 17.0 Å². The molecule has 2 aromatic rings. The second-order valence-electron chi connectivity index (χ2n) is 5.76. The van der Waals surface area contributed by atoms with Crippen LogP contribution >= 0.6 is 12.2 Å². The highest BCUT2D eigenvalue weighted by molar-refractivity contribution is 7.80. The quantitative estimate of drug-likeness (QED) is 0.749. The predicted molar refractivity (Wildman–Crippen MR) is 101 cm³/mol. The number of aliphatic hydroxyl groups excluding tert-OH is 1. The lowest BCUT2D eigenvalue weighted by Gasteiger charge is -2.17. The van der Waals surface area contributed by atoms with Gasteiger partial charge in [-0.1, -0.05) is 18.2 Å². The monoisotopic (exact) mass is 363 g/mol. The average Bonchev–Trinajstić information content (AvgIpc) is 2.57. The Morgan fingerprint density at radius 1 is 1.16 bits per heavy atom. The minimum Gasteiger partial charge on any atom is -0.489 e. The van der Waals surface area contributed by atoms with Gasteiger partial charge < -0.3 is 19.9 Å². The van der Waals surface area contributed by atoms with E-state index in [1.165, 1.54) is 5.56 Å². The average molecular weight is 363 g/mol. The van der Waals surface area contributed by atoms with E-state index in [2.05, 4.69) is 23.0 Å². The maximum atomic E-state index is 12.3. The molecule has 0 fully saturated rings. The molecule has 0 aromatic heterocycles. The molecular formula is C19H22FNO3S. The Balaban J connectivity index is 2.25. The van der Waals surface area contributed by atoms with Gasteiger partial charge >= 0.3 is 0 Å². The van der Waals surface area contributed by atoms with Crippen molar-refractivity contribution >= 4 is 23.1 Å². The van der Waals surface area contributed by atoms with E-state index in [9.17, 15) is 9.50 Å². The predicted octanol–water partition coefficient (Wildman–Crippen LogP) is 4.32. The maximum Gasteiger partial charge on any atom is 0.263 e. The number of alkyl halides is 1. The van der Waals surface area contributed by atoms with Crippen LogP contribution in [-0.2, 0) is 18.0 Å². The van der Waals surface area contributed by atoms with Crippen LogP contribution in [-0.4, -0.2) is 17.1 Å². The molecule has 0 spiro atoms. The Hall–Kier alpha value is -2.18. The van der Waals surface area contributed by atoms with E-state index in [1.807, 2.05) is 19.9 Å². The van der Waals surface area contributed by atoms with Gasteiger partial charge in [0, 0.05) is 11.3 Å². The number of hydrogen-bond donors (Lipinski definition) is 2. The third kappa shape index (κ3) is 4.90. The zero-order valence-electron chi connectivity index (χ0n) is 14.6. The summed E-state index contributed by atoms with van der Waals surface area (Å²) in [7, 11) is 0. The van der Waals surface area contributed by atoms with E-state index in [0.717, 1.165) is 22.4 Å². The van der Waals surface area contributed by atoms with E-state index in [0.29, 0.717) is 11.3 Å². The fourth-order valence-electron chi connectivity index (χ4n) is 2.51. The van der Waals surface area contributed by atoms with Crippen LogP contribution in [0.1, 0.15) is 27.8 Å². The SMILES string of the molecule is Cc1cc(C)c(OCc2c(CO)cccc2NC(=S)OCF)cc1C. The van der Waals surface area contributed by atoms with Crippen LogP contribution in [0.3, 0.4) is 0 Å². The molecule has 0 radical (unpaired) electrons. The van der Waals surface area contributed by atoms with E-state index < -0.39 is 6.86 Å². The summed E-state index contributed by atoms with van der Waals surface area (Å²) in [6.07, 6.45) is 0. The third-order valence-corrected chi connectivity index (χ3v) is 4.25. The van der Waals surface area contributed by atoms with Crippen LogP contribution in [0.15, 0.2) is 30.3 Å². The fraction of sp³-hybridized carbons (Fsp3) is 0.316. The number of aliphatic hydroxyl groups is 1. The second-order valence-corrected chi connectivity index (χ2v) is 6.13. The number of thiocarbonyl (C=S) groups is 1. The standard InChI is InChI=1S/C19H22FNO3S/c1-12-7-14(3)18(8-13(12)2)23-10-16-15(9-22)5-4-6-17(16)21-19(25)24-11-20/h4-8,22H,9-11H2,1-3H3,(H,21,25). The van der Waals surface area contributed by atoms with Crippen molar-refractivity contribution in [3.8, 4) is 5.75 Å². The summed E-state index contributed by atoms with van der Waals surface area (Å²) in [5.41, 5.74) is 5.45. The third-order valence-electron chi connectivity index (χ3n) is 4.03. The second kappa shape index (κ2) is 8.78. The Morgan fingerprint density at radius 3 is 2.56 bits per heavy atom. The molecule has 0 atom stereocenters. The molecule has 6 heteroatoms. The van der Waals surface area contributed by atoms with Crippen LogP contribution in [0, 0.1) is 20.8 Å². The van der Waals surface area contributed by atoms with Crippen molar-refractivity contribution in [2.45, 2.75) is 34.0 Å². The summed E-state index contributed by atoms with van der Waals surface area (Å²) in [6.45, 7) is 5.17. The van der Waals surface area contributed by atoms with Crippen molar-refractivity contribution in [2.24, 2.45) is 0 Å². The van der Waals surface area contributed by atoms with Gasteiger partial charge in [-0.2, -0.15) is 0 Å². The highest BCUT2D eigenvalue weighted by Crippen LogP contribution is 2.26. The van der Waals surface area contributed by atoms with Crippen molar-refractivity contribution in [2.75, 3.05) is 12.2 Å². The molecule has 2 N–H and O–H groups in total. The number of benzene rings is 2. The number of aryl methyl sites for hydroxylation is 3. The molecule has 134 valence electrons. The first-order valence-electron chi connectivity index (χ1n) is 7.88. The Labute approximate surface area is 152 Å². The minimum absolute atomic E-state index is 0.0683. The van der Waals surface area contributed by atoms with Gasteiger partial charge in [0.1, 0.15) is 12.4 Å². The molecule has 0 saturated carbocycles. The lowest BCUT2D eigenvalue weighted by molar-refractivity contribution is 0.184. The van der Waals surface area contributed by atoms with Gasteiger partial charge in [-0.05, 0) is 67.4 Å². The molecule has 0 bridgehead atoms. The molecule has 2 aromatic carbocycles. The summed E-state index contributed by atoms with van der Waals surface area (Å²) in [4.78, 5) is 0. The number of nitrogens with one attached hydrogen (secondary N) is 1. The number of ether oxygens (including phenoxy) is 2. The number of rotatable bonds is 6. The Kier molecular flexibility index (Phi) is 6.73. The zero-order chi connectivity index (χ0) is 18.4. The van der Waals surface area contributed by atoms with Crippen molar-refractivity contribution < 1.29 is 19.0 Å². The van der Waals surface area contributed by atoms with E-state index >= 15 is 0 Å². The zero-order valence-corrected chi connectivity index (χ0v) is 15.4. The molecule has 0 aliphatic rings. The fourth-order valence-corrected chi connectivity index (χ4v) is 2.66. The maximum absolute atomic E-state index is 12.3. The normalized spacial score (nSPS) is 10.4. The molecule has 0 saturated heterocycles. The van der Waals surface area contributed by atoms with Gasteiger partial charge in [-0.25, -0.2) is 4.39 Å². The molecule has 2 rings (SSSR count). The van der Waals surface area contributed by atoms with Crippen molar-refractivity contribution in [1.29, 1.82) is 0 Å². The van der Waals surface area contributed by atoms with Crippen LogP contribution in [0.2, 0.25) is 0 Å². The topological polar surface area (TPSA) is 50.7 Å². The summed E-state index contributed by atoms with van der Waals surface area (Å²) in [6, 6.07) is 9.42. The van der Waals surface area contributed by atoms with Crippen molar-refractivity contribution in [3.63, 3.8) is 0 Å². The minimum atomic E-state index is -1.00. The van der Waals surface area contributed by atoms with E-state index in [1.54, 1.807) is 18.2 Å². The first-order valence-corrected chi connectivity index (χ1v) is 8.29. The number of hydrogen-bond acceptors (Lipinski definition) is 4. The highest BCUT2D eigenvalue weighted by atomic mass is 32.1. The lowest BCUT2D eigenvalue weighted by Crippen LogP contribution is -2.15. The summed E-state index contributed by atoms with van der Waals surface area (Å²) >= 11 is 4.93. The first-order chi connectivity index (χ1) is 12.0. The van der Waals surface area contributed by atoms with Crippen molar-refractivity contribution in [3.05, 3.63) is 58.1 Å². The molecule has 0 aliphatic heterocycles. The molecule has 0 amide bonds. The van der Waals surface area contributed by atoms with Gasteiger partial charge in [0.15, 0.2) is 0 Å². The van der Waals surface area contributed by atoms with Crippen LogP contribution in [0.4, 0.5) is 10.1 Å².